The van der Waals surface area contributed by atoms with Gasteiger partial charge < -0.3 is 10.5 Å². The number of primary amides is 1. The zero-order valence-corrected chi connectivity index (χ0v) is 7.63. The van der Waals surface area contributed by atoms with Crippen molar-refractivity contribution in [3.63, 3.8) is 0 Å². The Balaban J connectivity index is 4.01. The van der Waals surface area contributed by atoms with Crippen molar-refractivity contribution in [2.75, 3.05) is 0 Å². The van der Waals surface area contributed by atoms with E-state index in [0.717, 1.165) is 0 Å². The fourth-order valence-electron chi connectivity index (χ4n) is 0.846. The summed E-state index contributed by atoms with van der Waals surface area (Å²) in [5, 5.41) is 0. The first-order valence-electron chi connectivity index (χ1n) is 3.90. The largest absolute Gasteiger partial charge is 0.367 e. The molecule has 0 radical (unpaired) electrons. The van der Waals surface area contributed by atoms with Gasteiger partial charge in [-0.1, -0.05) is 13.8 Å². The minimum atomic E-state index is -0.449. The predicted octanol–water partition coefficient (Wildman–Crippen LogP) is 0.921. The molecule has 11 heavy (non-hydrogen) atoms. The van der Waals surface area contributed by atoms with Crippen LogP contribution in [0.5, 0.6) is 0 Å². The van der Waals surface area contributed by atoms with Crippen molar-refractivity contribution in [3.05, 3.63) is 0 Å². The van der Waals surface area contributed by atoms with Crippen LogP contribution >= 0.6 is 0 Å². The molecule has 0 aliphatic heterocycles. The molecule has 0 aliphatic carbocycles. The molecule has 0 aliphatic rings. The first-order valence-corrected chi connectivity index (χ1v) is 3.90. The first-order chi connectivity index (χ1) is 4.95. The molecule has 2 N–H and O–H groups in total. The predicted molar refractivity (Wildman–Crippen MR) is 44.0 cm³/mol. The van der Waals surface area contributed by atoms with Gasteiger partial charge in [-0.25, -0.2) is 0 Å². The standard InChI is InChI=1S/C8H17NO2/c1-5(2)7(8(9)10)11-6(3)4/h5-7H,1-4H3,(H2,9,10)/t7-/m0/s1. The van der Waals surface area contributed by atoms with E-state index in [4.69, 9.17) is 10.5 Å². The Kier molecular flexibility index (Phi) is 4.11. The molecule has 0 saturated heterocycles. The SMILES string of the molecule is CC(C)O[C@H](C(N)=O)C(C)C. The molecule has 0 aromatic carbocycles. The van der Waals surface area contributed by atoms with E-state index in [1.807, 2.05) is 27.7 Å². The third-order valence-electron chi connectivity index (χ3n) is 1.30. The van der Waals surface area contributed by atoms with Gasteiger partial charge in [0.2, 0.25) is 5.91 Å². The molecular formula is C8H17NO2. The highest BCUT2D eigenvalue weighted by molar-refractivity contribution is 5.79. The van der Waals surface area contributed by atoms with Crippen molar-refractivity contribution >= 4 is 5.91 Å². The monoisotopic (exact) mass is 159 g/mol. The summed E-state index contributed by atoms with van der Waals surface area (Å²) in [5.41, 5.74) is 5.12. The van der Waals surface area contributed by atoms with Gasteiger partial charge in [0.1, 0.15) is 6.10 Å². The highest BCUT2D eigenvalue weighted by Gasteiger charge is 2.20. The second-order valence-corrected chi connectivity index (χ2v) is 3.25. The molecule has 0 rings (SSSR count). The van der Waals surface area contributed by atoms with Gasteiger partial charge in [-0.2, -0.15) is 0 Å². The van der Waals surface area contributed by atoms with Crippen LogP contribution in [0.2, 0.25) is 0 Å². The van der Waals surface area contributed by atoms with Crippen LogP contribution in [0.15, 0.2) is 0 Å². The number of hydrogen-bond donors (Lipinski definition) is 1. The van der Waals surface area contributed by atoms with Gasteiger partial charge in [-0.3, -0.25) is 4.79 Å². The molecule has 1 atom stereocenters. The molecule has 1 amide bonds. The molecule has 0 spiro atoms. The summed E-state index contributed by atoms with van der Waals surface area (Å²) in [4.78, 5) is 10.8. The fourth-order valence-corrected chi connectivity index (χ4v) is 0.846. The molecule has 0 unspecified atom stereocenters. The summed E-state index contributed by atoms with van der Waals surface area (Å²) in [6.45, 7) is 7.60. The van der Waals surface area contributed by atoms with Crippen molar-refractivity contribution in [1.82, 2.24) is 0 Å². The summed E-state index contributed by atoms with van der Waals surface area (Å²) < 4.78 is 5.30. The lowest BCUT2D eigenvalue weighted by atomic mass is 10.1. The molecule has 0 fully saturated rings. The Hall–Kier alpha value is -0.570. The lowest BCUT2D eigenvalue weighted by Crippen LogP contribution is -2.37. The van der Waals surface area contributed by atoms with Crippen LogP contribution in [-0.2, 0) is 9.53 Å². The maximum atomic E-state index is 10.8. The number of carbonyl (C=O) groups is 1. The third kappa shape index (κ3) is 3.98. The zero-order chi connectivity index (χ0) is 9.02. The fraction of sp³-hybridized carbons (Fsp3) is 0.875. The van der Waals surface area contributed by atoms with Crippen molar-refractivity contribution in [2.24, 2.45) is 11.7 Å². The molecule has 0 aromatic rings. The van der Waals surface area contributed by atoms with Gasteiger partial charge in [-0.05, 0) is 19.8 Å². The van der Waals surface area contributed by atoms with Crippen LogP contribution in [0, 0.1) is 5.92 Å². The Bertz CT molecular complexity index is 132. The summed E-state index contributed by atoms with van der Waals surface area (Å²) >= 11 is 0. The number of amides is 1. The minimum Gasteiger partial charge on any atom is -0.367 e. The van der Waals surface area contributed by atoms with Gasteiger partial charge >= 0.3 is 0 Å². The second-order valence-electron chi connectivity index (χ2n) is 3.25. The highest BCUT2D eigenvalue weighted by Crippen LogP contribution is 2.08. The molecule has 0 heterocycles. The second kappa shape index (κ2) is 4.34. The molecule has 3 nitrogen and oxygen atoms in total. The van der Waals surface area contributed by atoms with Crippen molar-refractivity contribution in [2.45, 2.75) is 39.9 Å². The summed E-state index contributed by atoms with van der Waals surface area (Å²) in [6, 6.07) is 0. The Morgan fingerprint density at radius 1 is 1.27 bits per heavy atom. The quantitative estimate of drug-likeness (QED) is 0.663. The smallest absolute Gasteiger partial charge is 0.246 e. The maximum Gasteiger partial charge on any atom is 0.246 e. The molecule has 0 saturated carbocycles. The zero-order valence-electron chi connectivity index (χ0n) is 7.63. The Morgan fingerprint density at radius 2 is 1.73 bits per heavy atom. The van der Waals surface area contributed by atoms with Crippen molar-refractivity contribution in [3.8, 4) is 0 Å². The lowest BCUT2D eigenvalue weighted by Gasteiger charge is -2.20. The maximum absolute atomic E-state index is 10.8. The van der Waals surface area contributed by atoms with Gasteiger partial charge in [0, 0.05) is 0 Å². The van der Waals surface area contributed by atoms with Crippen molar-refractivity contribution < 1.29 is 9.53 Å². The third-order valence-corrected chi connectivity index (χ3v) is 1.30. The van der Waals surface area contributed by atoms with Crippen LogP contribution in [-0.4, -0.2) is 18.1 Å². The lowest BCUT2D eigenvalue weighted by molar-refractivity contribution is -0.135. The van der Waals surface area contributed by atoms with E-state index in [1.54, 1.807) is 0 Å². The number of nitrogens with two attached hydrogens (primary N) is 1. The highest BCUT2D eigenvalue weighted by atomic mass is 16.5. The van der Waals surface area contributed by atoms with E-state index in [2.05, 4.69) is 0 Å². The van der Waals surface area contributed by atoms with Crippen LogP contribution in [0.3, 0.4) is 0 Å². The van der Waals surface area contributed by atoms with Gasteiger partial charge in [0.15, 0.2) is 0 Å². The van der Waals surface area contributed by atoms with E-state index in [0.29, 0.717) is 0 Å². The number of ether oxygens (including phenoxy) is 1. The number of rotatable bonds is 4. The number of carbonyl (C=O) groups excluding carboxylic acids is 1. The van der Waals surface area contributed by atoms with E-state index in [9.17, 15) is 4.79 Å². The first kappa shape index (κ1) is 10.4. The Morgan fingerprint density at radius 3 is 1.82 bits per heavy atom. The Labute approximate surface area is 67.9 Å². The minimum absolute atomic E-state index is 0.0508. The topological polar surface area (TPSA) is 52.3 Å². The molecule has 0 aromatic heterocycles. The van der Waals surface area contributed by atoms with E-state index in [-0.39, 0.29) is 17.9 Å². The average Bonchev–Trinajstić information content (AvgIpc) is 1.81. The van der Waals surface area contributed by atoms with E-state index < -0.39 is 6.10 Å². The summed E-state index contributed by atoms with van der Waals surface area (Å²) in [5.74, 6) is -0.233. The van der Waals surface area contributed by atoms with E-state index in [1.165, 1.54) is 0 Å². The van der Waals surface area contributed by atoms with Gasteiger partial charge in [0.05, 0.1) is 6.10 Å². The molecule has 66 valence electrons. The van der Waals surface area contributed by atoms with Crippen LogP contribution in [0.1, 0.15) is 27.7 Å². The van der Waals surface area contributed by atoms with Crippen LogP contribution < -0.4 is 5.73 Å². The van der Waals surface area contributed by atoms with Gasteiger partial charge in [0.25, 0.3) is 0 Å². The summed E-state index contributed by atoms with van der Waals surface area (Å²) in [7, 11) is 0. The van der Waals surface area contributed by atoms with E-state index >= 15 is 0 Å². The average molecular weight is 159 g/mol. The normalized spacial score (nSPS) is 14.0. The summed E-state index contributed by atoms with van der Waals surface area (Å²) in [6.07, 6.45) is -0.398. The van der Waals surface area contributed by atoms with Gasteiger partial charge in [-0.15, -0.1) is 0 Å². The molecule has 3 heteroatoms. The van der Waals surface area contributed by atoms with Crippen LogP contribution in [0.25, 0.3) is 0 Å². The molecule has 0 bridgehead atoms. The number of hydrogen-bond acceptors (Lipinski definition) is 2. The van der Waals surface area contributed by atoms with Crippen LogP contribution in [0.4, 0.5) is 0 Å². The van der Waals surface area contributed by atoms with Crippen molar-refractivity contribution in [1.29, 1.82) is 0 Å². The molecular weight excluding hydrogens is 142 g/mol.